The molecule has 1 aliphatic carbocycles. The number of hydrogen-bond acceptors (Lipinski definition) is 2. The Kier molecular flexibility index (Phi) is 4.64. The van der Waals surface area contributed by atoms with Crippen LogP contribution in [-0.4, -0.2) is 24.0 Å². The minimum absolute atomic E-state index is 0.146. The highest BCUT2D eigenvalue weighted by atomic mass is 15.2. The normalized spacial score (nSPS) is 16.9. The van der Waals surface area contributed by atoms with Gasteiger partial charge in [0.05, 0.1) is 0 Å². The molecule has 2 nitrogen and oxygen atoms in total. The molecule has 2 N–H and O–H groups in total. The van der Waals surface area contributed by atoms with E-state index in [0.29, 0.717) is 0 Å². The van der Waals surface area contributed by atoms with Crippen LogP contribution in [0.4, 0.5) is 0 Å². The van der Waals surface area contributed by atoms with E-state index < -0.39 is 0 Å². The van der Waals surface area contributed by atoms with E-state index in [4.69, 9.17) is 5.73 Å². The van der Waals surface area contributed by atoms with Gasteiger partial charge >= 0.3 is 0 Å². The molecule has 1 saturated carbocycles. The molecule has 0 spiro atoms. The fraction of sp³-hybridized carbons (Fsp3) is 0.647. The molecule has 0 saturated heterocycles. The standard InChI is InChI=1S/C17H28N2/c1-5-8-19(15-6-7-15)11-16(18)17-13(3)9-12(2)10-14(17)4/h9-10,15-16H,5-8,11,18H2,1-4H3. The van der Waals surface area contributed by atoms with Crippen LogP contribution in [0, 0.1) is 20.8 Å². The molecule has 0 amide bonds. The Labute approximate surface area is 118 Å². The first-order chi connectivity index (χ1) is 9.02. The van der Waals surface area contributed by atoms with Crippen molar-refractivity contribution in [2.24, 2.45) is 5.73 Å². The Hall–Kier alpha value is -0.860. The van der Waals surface area contributed by atoms with E-state index in [9.17, 15) is 0 Å². The number of benzene rings is 1. The van der Waals surface area contributed by atoms with Crippen molar-refractivity contribution in [3.05, 3.63) is 34.4 Å². The van der Waals surface area contributed by atoms with Crippen LogP contribution in [0.5, 0.6) is 0 Å². The highest BCUT2D eigenvalue weighted by Gasteiger charge is 2.29. The van der Waals surface area contributed by atoms with Gasteiger partial charge in [-0.2, -0.15) is 0 Å². The molecule has 1 unspecified atom stereocenters. The maximum atomic E-state index is 6.50. The van der Waals surface area contributed by atoms with E-state index in [1.807, 2.05) is 0 Å². The molecule has 0 bridgehead atoms. The lowest BCUT2D eigenvalue weighted by molar-refractivity contribution is 0.247. The highest BCUT2D eigenvalue weighted by Crippen LogP contribution is 2.30. The molecule has 1 aromatic rings. The quantitative estimate of drug-likeness (QED) is 0.848. The minimum Gasteiger partial charge on any atom is -0.323 e. The Morgan fingerprint density at radius 2 is 1.79 bits per heavy atom. The SMILES string of the molecule is CCCN(CC(N)c1c(C)cc(C)cc1C)C1CC1. The monoisotopic (exact) mass is 260 g/mol. The molecule has 2 rings (SSSR count). The Morgan fingerprint density at radius 1 is 1.21 bits per heavy atom. The van der Waals surface area contributed by atoms with E-state index in [1.54, 1.807) is 0 Å². The van der Waals surface area contributed by atoms with Crippen molar-refractivity contribution in [1.82, 2.24) is 4.90 Å². The molecule has 0 heterocycles. The number of rotatable bonds is 6. The van der Waals surface area contributed by atoms with Crippen LogP contribution in [0.1, 0.15) is 54.5 Å². The second kappa shape index (κ2) is 6.06. The molecular weight excluding hydrogens is 232 g/mol. The minimum atomic E-state index is 0.146. The largest absolute Gasteiger partial charge is 0.323 e. The fourth-order valence-corrected chi connectivity index (χ4v) is 3.27. The van der Waals surface area contributed by atoms with Gasteiger partial charge in [0.1, 0.15) is 0 Å². The molecule has 0 aliphatic heterocycles. The summed E-state index contributed by atoms with van der Waals surface area (Å²) in [5.74, 6) is 0. The van der Waals surface area contributed by atoms with E-state index >= 15 is 0 Å². The van der Waals surface area contributed by atoms with Gasteiger partial charge in [0.15, 0.2) is 0 Å². The number of nitrogens with zero attached hydrogens (tertiary/aromatic N) is 1. The summed E-state index contributed by atoms with van der Waals surface area (Å²) in [4.78, 5) is 2.59. The molecule has 1 fully saturated rings. The second-order valence-corrected chi connectivity index (χ2v) is 6.14. The summed E-state index contributed by atoms with van der Waals surface area (Å²) >= 11 is 0. The molecule has 19 heavy (non-hydrogen) atoms. The molecule has 0 aromatic heterocycles. The lowest BCUT2D eigenvalue weighted by atomic mass is 9.94. The van der Waals surface area contributed by atoms with E-state index in [1.165, 1.54) is 48.1 Å². The number of aryl methyl sites for hydroxylation is 3. The molecule has 0 radical (unpaired) electrons. The third-order valence-corrected chi connectivity index (χ3v) is 4.11. The van der Waals surface area contributed by atoms with Crippen molar-refractivity contribution < 1.29 is 0 Å². The van der Waals surface area contributed by atoms with Gasteiger partial charge in [0, 0.05) is 18.6 Å². The van der Waals surface area contributed by atoms with Crippen LogP contribution < -0.4 is 5.73 Å². The summed E-state index contributed by atoms with van der Waals surface area (Å²) < 4.78 is 0. The van der Waals surface area contributed by atoms with E-state index in [2.05, 4.69) is 44.7 Å². The molecule has 1 aliphatic rings. The second-order valence-electron chi connectivity index (χ2n) is 6.14. The zero-order chi connectivity index (χ0) is 14.0. The first kappa shape index (κ1) is 14.5. The van der Waals surface area contributed by atoms with Gasteiger partial charge in [0.25, 0.3) is 0 Å². The van der Waals surface area contributed by atoms with Crippen LogP contribution in [0.2, 0.25) is 0 Å². The summed E-state index contributed by atoms with van der Waals surface area (Å²) in [6, 6.07) is 5.46. The molecular formula is C17H28N2. The van der Waals surface area contributed by atoms with Crippen LogP contribution in [-0.2, 0) is 0 Å². The van der Waals surface area contributed by atoms with Crippen molar-refractivity contribution in [3.63, 3.8) is 0 Å². The maximum absolute atomic E-state index is 6.50. The highest BCUT2D eigenvalue weighted by molar-refractivity contribution is 5.39. The maximum Gasteiger partial charge on any atom is 0.0429 e. The summed E-state index contributed by atoms with van der Waals surface area (Å²) in [6.45, 7) is 11.0. The van der Waals surface area contributed by atoms with Crippen molar-refractivity contribution in [1.29, 1.82) is 0 Å². The van der Waals surface area contributed by atoms with E-state index in [0.717, 1.165) is 12.6 Å². The third kappa shape index (κ3) is 3.58. The summed E-state index contributed by atoms with van der Waals surface area (Å²) in [5.41, 5.74) is 11.9. The van der Waals surface area contributed by atoms with Gasteiger partial charge < -0.3 is 5.73 Å². The van der Waals surface area contributed by atoms with Gasteiger partial charge in [-0.1, -0.05) is 24.6 Å². The molecule has 1 atom stereocenters. The lowest BCUT2D eigenvalue weighted by Gasteiger charge is -2.27. The van der Waals surface area contributed by atoms with Crippen LogP contribution in [0.3, 0.4) is 0 Å². The molecule has 2 heteroatoms. The number of nitrogens with two attached hydrogens (primary N) is 1. The van der Waals surface area contributed by atoms with Crippen LogP contribution in [0.25, 0.3) is 0 Å². The zero-order valence-corrected chi connectivity index (χ0v) is 12.9. The average Bonchev–Trinajstić information content (AvgIpc) is 3.10. The fourth-order valence-electron chi connectivity index (χ4n) is 3.27. The first-order valence-corrected chi connectivity index (χ1v) is 7.60. The Balaban J connectivity index is 2.12. The average molecular weight is 260 g/mol. The summed E-state index contributed by atoms with van der Waals surface area (Å²) in [7, 11) is 0. The zero-order valence-electron chi connectivity index (χ0n) is 12.9. The third-order valence-electron chi connectivity index (χ3n) is 4.11. The Bertz CT molecular complexity index is 412. The molecule has 1 aromatic carbocycles. The smallest absolute Gasteiger partial charge is 0.0429 e. The van der Waals surface area contributed by atoms with Gasteiger partial charge in [-0.3, -0.25) is 4.90 Å². The van der Waals surface area contributed by atoms with Crippen molar-refractivity contribution in [3.8, 4) is 0 Å². The van der Waals surface area contributed by atoms with Gasteiger partial charge in [-0.15, -0.1) is 0 Å². The van der Waals surface area contributed by atoms with Gasteiger partial charge in [-0.05, 0) is 63.3 Å². The number of hydrogen-bond donors (Lipinski definition) is 1. The van der Waals surface area contributed by atoms with Gasteiger partial charge in [0.2, 0.25) is 0 Å². The topological polar surface area (TPSA) is 29.3 Å². The molecule has 106 valence electrons. The Morgan fingerprint density at radius 3 is 2.26 bits per heavy atom. The first-order valence-electron chi connectivity index (χ1n) is 7.60. The van der Waals surface area contributed by atoms with Crippen molar-refractivity contribution in [2.45, 2.75) is 59.0 Å². The van der Waals surface area contributed by atoms with Crippen LogP contribution >= 0.6 is 0 Å². The van der Waals surface area contributed by atoms with Gasteiger partial charge in [-0.25, -0.2) is 0 Å². The van der Waals surface area contributed by atoms with Crippen LogP contribution in [0.15, 0.2) is 12.1 Å². The van der Waals surface area contributed by atoms with E-state index in [-0.39, 0.29) is 6.04 Å². The van der Waals surface area contributed by atoms with Crippen molar-refractivity contribution in [2.75, 3.05) is 13.1 Å². The summed E-state index contributed by atoms with van der Waals surface area (Å²) in [6.07, 6.45) is 3.94. The predicted octanol–water partition coefficient (Wildman–Crippen LogP) is 3.49. The summed E-state index contributed by atoms with van der Waals surface area (Å²) in [5, 5.41) is 0. The predicted molar refractivity (Wildman–Crippen MR) is 82.5 cm³/mol. The van der Waals surface area contributed by atoms with Crippen molar-refractivity contribution >= 4 is 0 Å². The lowest BCUT2D eigenvalue weighted by Crippen LogP contribution is -2.35.